The third-order valence-corrected chi connectivity index (χ3v) is 3.64. The Bertz CT molecular complexity index is 592. The van der Waals surface area contributed by atoms with Gasteiger partial charge in [-0.3, -0.25) is 0 Å². The lowest BCUT2D eigenvalue weighted by atomic mass is 9.92. The van der Waals surface area contributed by atoms with Gasteiger partial charge in [0.2, 0.25) is 0 Å². The Balaban J connectivity index is 2.13. The molecule has 2 N–H and O–H groups in total. The van der Waals surface area contributed by atoms with Gasteiger partial charge in [-0.25, -0.2) is 9.59 Å². The molecule has 1 aliphatic rings. The number of alkyl carbamates (subject to hydrolysis) is 1. The molecular weight excluding hydrogens is 314 g/mol. The summed E-state index contributed by atoms with van der Waals surface area (Å²) in [6.07, 6.45) is -1.37. The molecule has 0 aliphatic carbocycles. The van der Waals surface area contributed by atoms with Gasteiger partial charge in [0, 0.05) is 0 Å². The predicted molar refractivity (Wildman–Crippen MR) is 85.6 cm³/mol. The lowest BCUT2D eigenvalue weighted by Gasteiger charge is -2.23. The summed E-state index contributed by atoms with van der Waals surface area (Å²) in [5.41, 5.74) is 0.0353. The number of benzene rings is 1. The zero-order valence-corrected chi connectivity index (χ0v) is 14.2. The molecule has 1 aromatic carbocycles. The van der Waals surface area contributed by atoms with E-state index in [1.165, 1.54) is 0 Å². The molecule has 0 aromatic heterocycles. The van der Waals surface area contributed by atoms with Crippen LogP contribution in [0.2, 0.25) is 0 Å². The summed E-state index contributed by atoms with van der Waals surface area (Å²) < 4.78 is 15.6. The smallest absolute Gasteiger partial charge is 0.408 e. The first-order valence-corrected chi connectivity index (χ1v) is 7.70. The van der Waals surface area contributed by atoms with Crippen LogP contribution in [0.5, 0.6) is 5.75 Å². The molecule has 1 saturated heterocycles. The Hall–Kier alpha value is -2.28. The van der Waals surface area contributed by atoms with Gasteiger partial charge in [-0.15, -0.1) is 0 Å². The van der Waals surface area contributed by atoms with E-state index >= 15 is 0 Å². The number of aliphatic hydroxyl groups excluding tert-OH is 1. The number of carbonyl (C=O) groups excluding carboxylic acids is 2. The maximum Gasteiger partial charge on any atom is 0.408 e. The van der Waals surface area contributed by atoms with E-state index in [2.05, 4.69) is 5.32 Å². The fraction of sp³-hybridized carbons (Fsp3) is 0.529. The minimum atomic E-state index is -0.961. The summed E-state index contributed by atoms with van der Waals surface area (Å²) in [6.45, 7) is 4.86. The maximum atomic E-state index is 12.1. The van der Waals surface area contributed by atoms with Crippen molar-refractivity contribution in [2.75, 3.05) is 13.7 Å². The molecule has 0 bridgehead atoms. The molecule has 3 atom stereocenters. The van der Waals surface area contributed by atoms with Crippen molar-refractivity contribution in [3.63, 3.8) is 0 Å². The summed E-state index contributed by atoms with van der Waals surface area (Å²) in [6, 6.07) is 6.04. The average Bonchev–Trinajstić information content (AvgIpc) is 2.81. The first-order valence-electron chi connectivity index (χ1n) is 7.70. The first kappa shape index (κ1) is 18.1. The van der Waals surface area contributed by atoms with Gasteiger partial charge >= 0.3 is 12.1 Å². The molecule has 0 spiro atoms. The largest absolute Gasteiger partial charge is 0.497 e. The third-order valence-electron chi connectivity index (χ3n) is 3.64. The highest BCUT2D eigenvalue weighted by molar-refractivity contribution is 5.83. The van der Waals surface area contributed by atoms with E-state index in [-0.39, 0.29) is 6.61 Å². The Morgan fingerprint density at radius 1 is 1.29 bits per heavy atom. The van der Waals surface area contributed by atoms with Gasteiger partial charge in [0.25, 0.3) is 0 Å². The average molecular weight is 337 g/mol. The molecule has 7 nitrogen and oxygen atoms in total. The van der Waals surface area contributed by atoms with Crippen molar-refractivity contribution in [2.24, 2.45) is 5.92 Å². The molecule has 1 amide bonds. The Morgan fingerprint density at radius 3 is 2.42 bits per heavy atom. The second kappa shape index (κ2) is 7.09. The predicted octanol–water partition coefficient (Wildman–Crippen LogP) is 1.79. The van der Waals surface area contributed by atoms with E-state index in [4.69, 9.17) is 14.2 Å². The van der Waals surface area contributed by atoms with Crippen LogP contribution in [0.4, 0.5) is 4.79 Å². The maximum absolute atomic E-state index is 12.1. The van der Waals surface area contributed by atoms with Gasteiger partial charge in [0.15, 0.2) is 0 Å². The number of hydrogen-bond acceptors (Lipinski definition) is 6. The van der Waals surface area contributed by atoms with Crippen LogP contribution in [-0.2, 0) is 14.3 Å². The number of amides is 1. The first-order chi connectivity index (χ1) is 11.2. The zero-order chi connectivity index (χ0) is 17.9. The van der Waals surface area contributed by atoms with Gasteiger partial charge in [0.1, 0.15) is 23.5 Å². The van der Waals surface area contributed by atoms with Crippen LogP contribution in [-0.4, -0.2) is 42.5 Å². The van der Waals surface area contributed by atoms with Crippen LogP contribution in [0.3, 0.4) is 0 Å². The molecule has 24 heavy (non-hydrogen) atoms. The molecule has 0 radical (unpaired) electrons. The summed E-state index contributed by atoms with van der Waals surface area (Å²) in [5.74, 6) is -0.522. The van der Waals surface area contributed by atoms with Crippen LogP contribution >= 0.6 is 0 Å². The number of carbonyl (C=O) groups is 2. The Kier molecular flexibility index (Phi) is 5.33. The quantitative estimate of drug-likeness (QED) is 0.814. The number of cyclic esters (lactones) is 1. The molecular formula is C17H23NO6. The number of nitrogens with one attached hydrogen (secondary N) is 1. The highest BCUT2D eigenvalue weighted by Gasteiger charge is 2.46. The van der Waals surface area contributed by atoms with Crippen LogP contribution in [0, 0.1) is 5.92 Å². The lowest BCUT2D eigenvalue weighted by Crippen LogP contribution is -2.45. The van der Waals surface area contributed by atoms with E-state index < -0.39 is 35.7 Å². The molecule has 1 aromatic rings. The Morgan fingerprint density at radius 2 is 1.92 bits per heavy atom. The zero-order valence-electron chi connectivity index (χ0n) is 14.2. The topological polar surface area (TPSA) is 94.1 Å². The van der Waals surface area contributed by atoms with Crippen molar-refractivity contribution >= 4 is 12.1 Å². The van der Waals surface area contributed by atoms with E-state index in [0.29, 0.717) is 5.75 Å². The van der Waals surface area contributed by atoms with Crippen molar-refractivity contribution < 1.29 is 28.9 Å². The normalized spacial score (nSPS) is 23.5. The number of rotatable bonds is 4. The number of esters is 1. The summed E-state index contributed by atoms with van der Waals surface area (Å²) >= 11 is 0. The monoisotopic (exact) mass is 337 g/mol. The number of aliphatic hydroxyl groups is 1. The summed E-state index contributed by atoms with van der Waals surface area (Å²) in [5, 5.41) is 12.2. The molecule has 1 aliphatic heterocycles. The molecule has 0 saturated carbocycles. The highest BCUT2D eigenvalue weighted by atomic mass is 16.6. The third kappa shape index (κ3) is 4.17. The van der Waals surface area contributed by atoms with Crippen LogP contribution in [0.25, 0.3) is 0 Å². The van der Waals surface area contributed by atoms with Crippen molar-refractivity contribution in [2.45, 2.75) is 38.5 Å². The van der Waals surface area contributed by atoms with Crippen molar-refractivity contribution in [3.8, 4) is 5.75 Å². The number of methoxy groups -OCH3 is 1. The minimum Gasteiger partial charge on any atom is -0.497 e. The van der Waals surface area contributed by atoms with Crippen LogP contribution in [0.15, 0.2) is 24.3 Å². The van der Waals surface area contributed by atoms with Crippen molar-refractivity contribution in [3.05, 3.63) is 29.8 Å². The molecule has 0 unspecified atom stereocenters. The second-order valence-electron chi connectivity index (χ2n) is 6.60. The highest BCUT2D eigenvalue weighted by Crippen LogP contribution is 2.36. The minimum absolute atomic E-state index is 0.317. The van der Waals surface area contributed by atoms with Crippen LogP contribution < -0.4 is 10.1 Å². The molecule has 1 heterocycles. The standard InChI is InChI=1S/C17H23NO6/c1-17(2,3)24-16(21)18-13-12(9-19)14(23-15(13)20)10-5-7-11(22-4)8-6-10/h5-8,12-14,19H,9H2,1-4H3,(H,18,21)/t12-,13-,14+/m0/s1. The Labute approximate surface area is 140 Å². The summed E-state index contributed by atoms with van der Waals surface area (Å²) in [7, 11) is 1.56. The van der Waals surface area contributed by atoms with E-state index in [9.17, 15) is 14.7 Å². The lowest BCUT2D eigenvalue weighted by molar-refractivity contribution is -0.143. The molecule has 132 valence electrons. The fourth-order valence-electron chi connectivity index (χ4n) is 2.55. The van der Waals surface area contributed by atoms with E-state index in [0.717, 1.165) is 5.56 Å². The van der Waals surface area contributed by atoms with Gasteiger partial charge in [-0.05, 0) is 38.5 Å². The van der Waals surface area contributed by atoms with Crippen molar-refractivity contribution in [1.82, 2.24) is 5.32 Å². The van der Waals surface area contributed by atoms with Gasteiger partial charge in [0.05, 0.1) is 19.6 Å². The van der Waals surface area contributed by atoms with Gasteiger partial charge < -0.3 is 24.6 Å². The molecule has 1 fully saturated rings. The molecule has 7 heteroatoms. The molecule has 2 rings (SSSR count). The van der Waals surface area contributed by atoms with Crippen molar-refractivity contribution in [1.29, 1.82) is 0 Å². The van der Waals surface area contributed by atoms with Gasteiger partial charge in [-0.2, -0.15) is 0 Å². The van der Waals surface area contributed by atoms with E-state index in [1.807, 2.05) is 0 Å². The second-order valence-corrected chi connectivity index (χ2v) is 6.60. The van der Waals surface area contributed by atoms with Crippen LogP contribution in [0.1, 0.15) is 32.4 Å². The SMILES string of the molecule is COc1ccc([C@H]2OC(=O)[C@@H](NC(=O)OC(C)(C)C)[C@@H]2CO)cc1. The van der Waals surface area contributed by atoms with E-state index in [1.54, 1.807) is 52.1 Å². The number of hydrogen-bond donors (Lipinski definition) is 2. The fourth-order valence-corrected chi connectivity index (χ4v) is 2.55. The number of ether oxygens (including phenoxy) is 3. The van der Waals surface area contributed by atoms with Gasteiger partial charge in [-0.1, -0.05) is 12.1 Å². The summed E-state index contributed by atoms with van der Waals surface area (Å²) in [4.78, 5) is 24.0.